The molecule has 2 fully saturated rings. The maximum absolute atomic E-state index is 12.0. The van der Waals surface area contributed by atoms with E-state index in [2.05, 4.69) is 13.0 Å². The van der Waals surface area contributed by atoms with Gasteiger partial charge in [0.25, 0.3) is 0 Å². The lowest BCUT2D eigenvalue weighted by Crippen LogP contribution is -2.34. The van der Waals surface area contributed by atoms with Gasteiger partial charge in [0, 0.05) is 12.8 Å². The Morgan fingerprint density at radius 1 is 1.45 bits per heavy atom. The Balaban J connectivity index is 1.89. The van der Waals surface area contributed by atoms with Gasteiger partial charge in [-0.25, -0.2) is 0 Å². The highest BCUT2D eigenvalue weighted by Gasteiger charge is 2.62. The van der Waals surface area contributed by atoms with E-state index in [9.17, 15) is 9.59 Å². The Hall–Kier alpha value is -1.36. The molecule has 0 radical (unpaired) electrons. The molecule has 0 amide bonds. The fraction of sp³-hybridized carbons (Fsp3) is 0.765. The molecule has 0 saturated carbocycles. The lowest BCUT2D eigenvalue weighted by atomic mass is 9.80. The van der Waals surface area contributed by atoms with Crippen molar-refractivity contribution in [1.82, 2.24) is 0 Å². The third kappa shape index (κ3) is 2.67. The maximum Gasteiger partial charge on any atom is 0.309 e. The average Bonchev–Trinajstić information content (AvgIpc) is 3.02. The van der Waals surface area contributed by atoms with Gasteiger partial charge in [0.2, 0.25) is 0 Å². The molecule has 2 saturated heterocycles. The van der Waals surface area contributed by atoms with Gasteiger partial charge in [0.15, 0.2) is 0 Å². The van der Waals surface area contributed by atoms with Crippen LogP contribution in [0.15, 0.2) is 11.6 Å². The van der Waals surface area contributed by atoms with E-state index in [1.165, 1.54) is 6.92 Å². The highest BCUT2D eigenvalue weighted by Crippen LogP contribution is 2.50. The Morgan fingerprint density at radius 2 is 2.18 bits per heavy atom. The molecule has 3 aliphatic rings. The van der Waals surface area contributed by atoms with Crippen LogP contribution in [-0.2, 0) is 23.8 Å². The van der Waals surface area contributed by atoms with Crippen molar-refractivity contribution < 1.29 is 23.8 Å². The number of rotatable bonds is 1. The molecule has 0 unspecified atom stereocenters. The number of esters is 2. The topological polar surface area (TPSA) is 65.1 Å². The molecule has 2 heterocycles. The van der Waals surface area contributed by atoms with Crippen LogP contribution in [0, 0.1) is 11.8 Å². The van der Waals surface area contributed by atoms with Crippen molar-refractivity contribution >= 4 is 11.9 Å². The molecule has 22 heavy (non-hydrogen) atoms. The maximum atomic E-state index is 12.0. The summed E-state index contributed by atoms with van der Waals surface area (Å²) in [7, 11) is 0. The number of hydrogen-bond donors (Lipinski definition) is 0. The molecular weight excluding hydrogens is 284 g/mol. The van der Waals surface area contributed by atoms with Crippen LogP contribution in [-0.4, -0.2) is 35.9 Å². The molecular formula is C17H24O5. The van der Waals surface area contributed by atoms with E-state index in [1.54, 1.807) is 0 Å². The van der Waals surface area contributed by atoms with Crippen molar-refractivity contribution in [2.75, 3.05) is 0 Å². The van der Waals surface area contributed by atoms with Crippen LogP contribution in [0.3, 0.4) is 0 Å². The molecule has 1 aliphatic carbocycles. The summed E-state index contributed by atoms with van der Waals surface area (Å²) < 4.78 is 17.0. The predicted octanol–water partition coefficient (Wildman–Crippen LogP) is 2.38. The third-order valence-electron chi connectivity index (χ3n) is 5.34. The largest absolute Gasteiger partial charge is 0.459 e. The minimum absolute atomic E-state index is 0.0186. The molecule has 6 atom stereocenters. The average molecular weight is 308 g/mol. The van der Waals surface area contributed by atoms with E-state index < -0.39 is 0 Å². The molecule has 0 spiro atoms. The number of allylic oxidation sites excluding steroid dienone is 1. The van der Waals surface area contributed by atoms with E-state index in [0.717, 1.165) is 18.4 Å². The molecule has 5 heteroatoms. The number of epoxide rings is 1. The van der Waals surface area contributed by atoms with Gasteiger partial charge in [0.1, 0.15) is 18.3 Å². The van der Waals surface area contributed by atoms with Gasteiger partial charge in [-0.05, 0) is 38.7 Å². The highest BCUT2D eigenvalue weighted by atomic mass is 16.6. The molecule has 0 N–H and O–H groups in total. The normalized spacial score (nSPS) is 46.6. The van der Waals surface area contributed by atoms with Gasteiger partial charge < -0.3 is 14.2 Å². The summed E-state index contributed by atoms with van der Waals surface area (Å²) in [6, 6.07) is 0. The summed E-state index contributed by atoms with van der Waals surface area (Å²) in [6.45, 7) is 7.38. The fourth-order valence-electron chi connectivity index (χ4n) is 3.78. The zero-order valence-electron chi connectivity index (χ0n) is 13.6. The van der Waals surface area contributed by atoms with Crippen LogP contribution >= 0.6 is 0 Å². The van der Waals surface area contributed by atoms with Gasteiger partial charge >= 0.3 is 11.9 Å². The molecule has 5 nitrogen and oxygen atoms in total. The monoisotopic (exact) mass is 308 g/mol. The zero-order chi connectivity index (χ0) is 16.1. The molecule has 0 aromatic heterocycles. The van der Waals surface area contributed by atoms with Crippen LogP contribution in [0.1, 0.15) is 47.0 Å². The molecule has 0 aromatic carbocycles. The first kappa shape index (κ1) is 15.5. The number of ether oxygens (including phenoxy) is 3. The Kier molecular flexibility index (Phi) is 3.79. The fourth-order valence-corrected chi connectivity index (χ4v) is 3.78. The number of hydrogen-bond acceptors (Lipinski definition) is 5. The van der Waals surface area contributed by atoms with Gasteiger partial charge in [-0.2, -0.15) is 0 Å². The summed E-state index contributed by atoms with van der Waals surface area (Å²) in [5, 5.41) is 0. The zero-order valence-corrected chi connectivity index (χ0v) is 13.6. The minimum Gasteiger partial charge on any atom is -0.459 e. The Labute approximate surface area is 131 Å². The van der Waals surface area contributed by atoms with Crippen LogP contribution < -0.4 is 0 Å². The van der Waals surface area contributed by atoms with Gasteiger partial charge in [0.05, 0.1) is 11.5 Å². The third-order valence-corrected chi connectivity index (χ3v) is 5.34. The lowest BCUT2D eigenvalue weighted by Gasteiger charge is -2.26. The SMILES string of the molecule is CC(=O)O[C@@H]1C[C@H]2[C@@H](OC(=O)[C@H]2C)[C@@H]2O[C@]2(C)CC/C=C\1C. The summed E-state index contributed by atoms with van der Waals surface area (Å²) >= 11 is 0. The van der Waals surface area contributed by atoms with Crippen LogP contribution in [0.4, 0.5) is 0 Å². The van der Waals surface area contributed by atoms with E-state index in [4.69, 9.17) is 14.2 Å². The van der Waals surface area contributed by atoms with E-state index in [0.29, 0.717) is 6.42 Å². The standard InChI is InChI=1S/C17H24O5/c1-9-6-5-7-17(4)15(22-17)14-12(10(2)16(19)21-14)8-13(9)20-11(3)18/h6,10,12-15H,5,7-8H2,1-4H3/b9-6-/t10-,12+,13+,14+,15-,17+/m0/s1. The molecule has 0 aromatic rings. The van der Waals surface area contributed by atoms with Crippen LogP contribution in [0.2, 0.25) is 0 Å². The van der Waals surface area contributed by atoms with Crippen molar-refractivity contribution in [2.45, 2.75) is 70.9 Å². The summed E-state index contributed by atoms with van der Waals surface area (Å²) in [5.74, 6) is -0.638. The summed E-state index contributed by atoms with van der Waals surface area (Å²) in [6.07, 6.45) is 3.95. The minimum atomic E-state index is -0.295. The Bertz CT molecular complexity index is 525. The van der Waals surface area contributed by atoms with Crippen molar-refractivity contribution in [2.24, 2.45) is 11.8 Å². The smallest absolute Gasteiger partial charge is 0.309 e. The second-order valence-electron chi connectivity index (χ2n) is 7.03. The van der Waals surface area contributed by atoms with Gasteiger partial charge in [-0.1, -0.05) is 13.0 Å². The second kappa shape index (κ2) is 5.37. The van der Waals surface area contributed by atoms with Crippen molar-refractivity contribution in [3.8, 4) is 0 Å². The van der Waals surface area contributed by atoms with E-state index in [1.807, 2.05) is 13.8 Å². The second-order valence-corrected chi connectivity index (χ2v) is 7.03. The number of carbonyl (C=O) groups excluding carboxylic acids is 2. The van der Waals surface area contributed by atoms with Gasteiger partial charge in [-0.15, -0.1) is 0 Å². The summed E-state index contributed by atoms with van der Waals surface area (Å²) in [5.41, 5.74) is 0.849. The molecule has 3 rings (SSSR count). The molecule has 2 aliphatic heterocycles. The quantitative estimate of drug-likeness (QED) is 0.423. The molecule has 122 valence electrons. The molecule has 0 bridgehead atoms. The van der Waals surface area contributed by atoms with Crippen molar-refractivity contribution in [1.29, 1.82) is 0 Å². The van der Waals surface area contributed by atoms with E-state index >= 15 is 0 Å². The predicted molar refractivity (Wildman–Crippen MR) is 79.0 cm³/mol. The lowest BCUT2D eigenvalue weighted by molar-refractivity contribution is -0.146. The number of carbonyl (C=O) groups is 2. The van der Waals surface area contributed by atoms with Crippen LogP contribution in [0.25, 0.3) is 0 Å². The first-order valence-electron chi connectivity index (χ1n) is 8.04. The summed E-state index contributed by atoms with van der Waals surface area (Å²) in [4.78, 5) is 23.4. The van der Waals surface area contributed by atoms with Crippen molar-refractivity contribution in [3.05, 3.63) is 11.6 Å². The van der Waals surface area contributed by atoms with E-state index in [-0.39, 0.29) is 47.7 Å². The first-order valence-corrected chi connectivity index (χ1v) is 8.04. The number of fused-ring (bicyclic) bond motifs is 3. The van der Waals surface area contributed by atoms with Crippen LogP contribution in [0.5, 0.6) is 0 Å². The highest BCUT2D eigenvalue weighted by molar-refractivity contribution is 5.75. The van der Waals surface area contributed by atoms with Gasteiger partial charge in [-0.3, -0.25) is 9.59 Å². The Morgan fingerprint density at radius 3 is 2.86 bits per heavy atom. The first-order chi connectivity index (χ1) is 10.3. The van der Waals surface area contributed by atoms with Crippen molar-refractivity contribution in [3.63, 3.8) is 0 Å².